The van der Waals surface area contributed by atoms with Crippen molar-refractivity contribution in [1.29, 1.82) is 0 Å². The Morgan fingerprint density at radius 2 is 1.71 bits per heavy atom. The molecule has 1 saturated carbocycles. The molecule has 2 aromatic carbocycles. The first-order valence-corrected chi connectivity index (χ1v) is 15.9. The maximum Gasteiger partial charge on any atom is 0.227 e. The number of halogens is 1. The van der Waals surface area contributed by atoms with E-state index < -0.39 is 10.8 Å². The molecule has 2 heterocycles. The molecular weight excluding hydrogens is 518 g/mol. The van der Waals surface area contributed by atoms with Crippen molar-refractivity contribution in [3.05, 3.63) is 64.7 Å². The van der Waals surface area contributed by atoms with Gasteiger partial charge in [0.05, 0.1) is 13.0 Å². The highest BCUT2D eigenvalue weighted by Gasteiger charge is 2.41. The second-order valence-corrected chi connectivity index (χ2v) is 13.0. The van der Waals surface area contributed by atoms with Crippen LogP contribution in [0.5, 0.6) is 5.75 Å². The van der Waals surface area contributed by atoms with Gasteiger partial charge in [0.2, 0.25) is 5.91 Å². The molecule has 8 heteroatoms. The number of nitrogens with zero attached hydrogens (tertiary/aromatic N) is 2. The standard InChI is InChI=1S/C30H40ClN3O3S/c1-37-26-12-6-22(7-13-26)18-32-19-24-4-2-3-5-29(24)33-14-16-34(17-15-33)30(35)28-21-38(36)20-27(28)23-8-10-25(31)11-9-23/h6-13,24,27-29,32H,2-5,14-21H2,1H3/t24?,27-,28+,29?,38?/m0/s1. The largest absolute Gasteiger partial charge is 0.497 e. The Bertz CT molecular complexity index is 1090. The highest BCUT2D eigenvalue weighted by atomic mass is 35.5. The van der Waals surface area contributed by atoms with Gasteiger partial charge in [0.15, 0.2) is 0 Å². The highest BCUT2D eigenvalue weighted by molar-refractivity contribution is 7.85. The van der Waals surface area contributed by atoms with Gasteiger partial charge < -0.3 is 15.0 Å². The molecule has 0 bridgehead atoms. The molecule has 1 aliphatic carbocycles. The van der Waals surface area contributed by atoms with Gasteiger partial charge >= 0.3 is 0 Å². The average molecular weight is 558 g/mol. The van der Waals surface area contributed by atoms with Crippen molar-refractivity contribution in [3.63, 3.8) is 0 Å². The molecule has 0 radical (unpaired) electrons. The Morgan fingerprint density at radius 3 is 2.42 bits per heavy atom. The molecule has 3 fully saturated rings. The van der Waals surface area contributed by atoms with E-state index in [0.717, 1.165) is 50.6 Å². The SMILES string of the molecule is COc1ccc(CNCC2CCCCC2N2CCN(C(=O)[C@@H]3CS(=O)C[C@H]3c3ccc(Cl)cc3)CC2)cc1. The van der Waals surface area contributed by atoms with Gasteiger partial charge in [-0.15, -0.1) is 0 Å². The zero-order valence-corrected chi connectivity index (χ0v) is 23.9. The van der Waals surface area contributed by atoms with Crippen molar-refractivity contribution in [2.24, 2.45) is 11.8 Å². The fraction of sp³-hybridized carbons (Fsp3) is 0.567. The molecule has 38 heavy (non-hydrogen) atoms. The quantitative estimate of drug-likeness (QED) is 0.524. The summed E-state index contributed by atoms with van der Waals surface area (Å²) in [5.41, 5.74) is 2.35. The van der Waals surface area contributed by atoms with E-state index in [-0.39, 0.29) is 17.7 Å². The number of carbonyl (C=O) groups excluding carboxylic acids is 1. The summed E-state index contributed by atoms with van der Waals surface area (Å²) in [6.07, 6.45) is 5.09. The van der Waals surface area contributed by atoms with Crippen LogP contribution in [0.4, 0.5) is 0 Å². The lowest BCUT2D eigenvalue weighted by atomic mass is 9.83. The Morgan fingerprint density at radius 1 is 1.00 bits per heavy atom. The molecule has 5 rings (SSSR count). The van der Waals surface area contributed by atoms with E-state index in [9.17, 15) is 9.00 Å². The van der Waals surface area contributed by atoms with Crippen molar-refractivity contribution in [2.75, 3.05) is 51.3 Å². The zero-order valence-electron chi connectivity index (χ0n) is 22.3. The molecule has 1 N–H and O–H groups in total. The maximum absolute atomic E-state index is 13.6. The van der Waals surface area contributed by atoms with Crippen LogP contribution in [0.1, 0.15) is 42.7 Å². The van der Waals surface area contributed by atoms with Gasteiger partial charge in [-0.05, 0) is 60.7 Å². The molecule has 206 valence electrons. The number of rotatable bonds is 8. The lowest BCUT2D eigenvalue weighted by Gasteiger charge is -2.45. The zero-order chi connectivity index (χ0) is 26.5. The smallest absolute Gasteiger partial charge is 0.227 e. The molecule has 5 atom stereocenters. The molecule has 0 spiro atoms. The summed E-state index contributed by atoms with van der Waals surface area (Å²) in [5.74, 6) is 2.54. The maximum atomic E-state index is 13.6. The fourth-order valence-electron chi connectivity index (χ4n) is 6.54. The van der Waals surface area contributed by atoms with E-state index in [2.05, 4.69) is 22.3 Å². The summed E-state index contributed by atoms with van der Waals surface area (Å²) in [5, 5.41) is 4.39. The Kier molecular flexibility index (Phi) is 9.41. The molecule has 2 saturated heterocycles. The van der Waals surface area contributed by atoms with Crippen LogP contribution >= 0.6 is 11.6 Å². The molecule has 2 aromatic rings. The Hall–Kier alpha value is -1.93. The first kappa shape index (κ1) is 27.6. The van der Waals surface area contributed by atoms with Crippen LogP contribution in [0.3, 0.4) is 0 Å². The Labute approximate surface area is 234 Å². The average Bonchev–Trinajstić information content (AvgIpc) is 3.35. The lowest BCUT2D eigenvalue weighted by Crippen LogP contribution is -2.56. The third-order valence-corrected chi connectivity index (χ3v) is 10.4. The third-order valence-electron chi connectivity index (χ3n) is 8.69. The number of ether oxygens (including phenoxy) is 1. The number of carbonyl (C=O) groups is 1. The van der Waals surface area contributed by atoms with E-state index in [1.165, 1.54) is 31.2 Å². The first-order valence-electron chi connectivity index (χ1n) is 14.0. The van der Waals surface area contributed by atoms with Crippen LogP contribution in [0.25, 0.3) is 0 Å². The van der Waals surface area contributed by atoms with Crippen LogP contribution in [0, 0.1) is 11.8 Å². The van der Waals surface area contributed by atoms with Gasteiger partial charge in [0.25, 0.3) is 0 Å². The second-order valence-electron chi connectivity index (χ2n) is 11.0. The summed E-state index contributed by atoms with van der Waals surface area (Å²) >= 11 is 6.07. The summed E-state index contributed by atoms with van der Waals surface area (Å²) in [6.45, 7) is 5.26. The summed E-state index contributed by atoms with van der Waals surface area (Å²) in [4.78, 5) is 18.3. The summed E-state index contributed by atoms with van der Waals surface area (Å²) in [6, 6.07) is 16.6. The van der Waals surface area contributed by atoms with Gasteiger partial charge in [-0.25, -0.2) is 0 Å². The number of amides is 1. The van der Waals surface area contributed by atoms with Gasteiger partial charge in [0.1, 0.15) is 5.75 Å². The summed E-state index contributed by atoms with van der Waals surface area (Å²) in [7, 11) is 0.743. The van der Waals surface area contributed by atoms with Crippen molar-refractivity contribution in [3.8, 4) is 5.75 Å². The van der Waals surface area contributed by atoms with Gasteiger partial charge in [-0.3, -0.25) is 13.9 Å². The van der Waals surface area contributed by atoms with Crippen LogP contribution in [-0.2, 0) is 22.1 Å². The molecule has 2 aliphatic heterocycles. The number of benzene rings is 2. The molecule has 3 unspecified atom stereocenters. The molecule has 0 aromatic heterocycles. The number of hydrogen-bond acceptors (Lipinski definition) is 5. The van der Waals surface area contributed by atoms with E-state index >= 15 is 0 Å². The lowest BCUT2D eigenvalue weighted by molar-refractivity contribution is -0.137. The van der Waals surface area contributed by atoms with Crippen LogP contribution in [0.2, 0.25) is 5.02 Å². The predicted octanol–water partition coefficient (Wildman–Crippen LogP) is 4.30. The van der Waals surface area contributed by atoms with Crippen molar-refractivity contribution >= 4 is 28.3 Å². The van der Waals surface area contributed by atoms with Gasteiger partial charge in [0, 0.05) is 72.0 Å². The number of nitrogens with one attached hydrogen (secondary N) is 1. The van der Waals surface area contributed by atoms with Gasteiger partial charge in [-0.2, -0.15) is 0 Å². The molecular formula is C30H40ClN3O3S. The van der Waals surface area contributed by atoms with E-state index in [1.54, 1.807) is 7.11 Å². The highest BCUT2D eigenvalue weighted by Crippen LogP contribution is 2.35. The normalized spacial score (nSPS) is 28.4. The van der Waals surface area contributed by atoms with Crippen molar-refractivity contribution in [2.45, 2.75) is 44.2 Å². The monoisotopic (exact) mass is 557 g/mol. The van der Waals surface area contributed by atoms with Crippen LogP contribution < -0.4 is 10.1 Å². The molecule has 3 aliphatic rings. The van der Waals surface area contributed by atoms with Crippen LogP contribution in [0.15, 0.2) is 48.5 Å². The fourth-order valence-corrected chi connectivity index (χ4v) is 8.41. The van der Waals surface area contributed by atoms with Gasteiger partial charge in [-0.1, -0.05) is 48.7 Å². The number of methoxy groups -OCH3 is 1. The second kappa shape index (κ2) is 12.9. The van der Waals surface area contributed by atoms with E-state index in [0.29, 0.717) is 28.5 Å². The van der Waals surface area contributed by atoms with E-state index in [1.807, 2.05) is 41.3 Å². The molecule has 1 amide bonds. The van der Waals surface area contributed by atoms with Crippen LogP contribution in [-0.4, -0.2) is 77.3 Å². The third kappa shape index (κ3) is 6.61. The minimum Gasteiger partial charge on any atom is -0.497 e. The number of hydrogen-bond donors (Lipinski definition) is 1. The Balaban J connectivity index is 1.14. The van der Waals surface area contributed by atoms with E-state index in [4.69, 9.17) is 16.3 Å². The number of piperazine rings is 1. The van der Waals surface area contributed by atoms with Crippen molar-refractivity contribution in [1.82, 2.24) is 15.1 Å². The minimum atomic E-state index is -0.953. The minimum absolute atomic E-state index is 0.0122. The summed E-state index contributed by atoms with van der Waals surface area (Å²) < 4.78 is 17.8. The predicted molar refractivity (Wildman–Crippen MR) is 154 cm³/mol. The van der Waals surface area contributed by atoms with Crippen molar-refractivity contribution < 1.29 is 13.7 Å². The topological polar surface area (TPSA) is 61.9 Å². The first-order chi connectivity index (χ1) is 18.5. The molecule has 6 nitrogen and oxygen atoms in total.